The van der Waals surface area contributed by atoms with Crippen LogP contribution in [-0.4, -0.2) is 43.2 Å². The van der Waals surface area contributed by atoms with Gasteiger partial charge in [-0.25, -0.2) is 0 Å². The summed E-state index contributed by atoms with van der Waals surface area (Å²) in [5.41, 5.74) is 1.17. The van der Waals surface area contributed by atoms with E-state index >= 15 is 0 Å². The number of piperidine rings is 1. The smallest absolute Gasteiger partial charge is 0.142 e. The van der Waals surface area contributed by atoms with Gasteiger partial charge in [-0.15, -0.1) is 0 Å². The maximum absolute atomic E-state index is 5.96. The molecule has 1 aromatic heterocycles. The Labute approximate surface area is 109 Å². The Morgan fingerprint density at radius 2 is 2.39 bits per heavy atom. The number of nitrogens with one attached hydrogen (secondary N) is 1. The lowest BCUT2D eigenvalue weighted by molar-refractivity contribution is 0.124. The van der Waals surface area contributed by atoms with Crippen molar-refractivity contribution < 1.29 is 4.74 Å². The van der Waals surface area contributed by atoms with E-state index in [0.717, 1.165) is 18.9 Å². The van der Waals surface area contributed by atoms with Crippen LogP contribution in [0, 0.1) is 0 Å². The van der Waals surface area contributed by atoms with E-state index in [9.17, 15) is 0 Å². The fourth-order valence-electron chi connectivity index (χ4n) is 2.42. The third kappa shape index (κ3) is 3.43. The van der Waals surface area contributed by atoms with Gasteiger partial charge in [0.1, 0.15) is 12.4 Å². The first-order valence-corrected chi connectivity index (χ1v) is 6.72. The SMILES string of the molecule is CNCc1ccncc1OCC1CCCCN1C. The van der Waals surface area contributed by atoms with Gasteiger partial charge >= 0.3 is 0 Å². The van der Waals surface area contributed by atoms with Gasteiger partial charge in [-0.1, -0.05) is 6.42 Å². The van der Waals surface area contributed by atoms with Crippen LogP contribution in [0.3, 0.4) is 0 Å². The highest BCUT2D eigenvalue weighted by molar-refractivity contribution is 5.29. The minimum atomic E-state index is 0.543. The highest BCUT2D eigenvalue weighted by Crippen LogP contribution is 2.19. The molecular formula is C14H23N3O. The minimum Gasteiger partial charge on any atom is -0.490 e. The molecule has 4 nitrogen and oxygen atoms in total. The third-order valence-electron chi connectivity index (χ3n) is 3.59. The largest absolute Gasteiger partial charge is 0.490 e. The molecule has 100 valence electrons. The van der Waals surface area contributed by atoms with Gasteiger partial charge in [-0.3, -0.25) is 4.98 Å². The summed E-state index contributed by atoms with van der Waals surface area (Å²) < 4.78 is 5.96. The Bertz CT molecular complexity index is 370. The van der Waals surface area contributed by atoms with Gasteiger partial charge < -0.3 is 15.0 Å². The Morgan fingerprint density at radius 1 is 1.50 bits per heavy atom. The molecule has 1 atom stereocenters. The zero-order chi connectivity index (χ0) is 12.8. The van der Waals surface area contributed by atoms with Crippen molar-refractivity contribution in [3.05, 3.63) is 24.0 Å². The molecular weight excluding hydrogens is 226 g/mol. The molecule has 1 saturated heterocycles. The molecule has 1 aromatic rings. The van der Waals surface area contributed by atoms with E-state index in [1.807, 2.05) is 25.5 Å². The minimum absolute atomic E-state index is 0.543. The summed E-state index contributed by atoms with van der Waals surface area (Å²) in [6, 6.07) is 2.55. The van der Waals surface area contributed by atoms with Crippen LogP contribution in [0.4, 0.5) is 0 Å². The molecule has 18 heavy (non-hydrogen) atoms. The van der Waals surface area contributed by atoms with Crippen molar-refractivity contribution in [1.82, 2.24) is 15.2 Å². The van der Waals surface area contributed by atoms with Crippen LogP contribution < -0.4 is 10.1 Å². The van der Waals surface area contributed by atoms with Crippen molar-refractivity contribution >= 4 is 0 Å². The van der Waals surface area contributed by atoms with E-state index in [0.29, 0.717) is 6.04 Å². The molecule has 1 fully saturated rings. The Balaban J connectivity index is 1.92. The van der Waals surface area contributed by atoms with Crippen LogP contribution in [0.1, 0.15) is 24.8 Å². The highest BCUT2D eigenvalue weighted by atomic mass is 16.5. The van der Waals surface area contributed by atoms with Gasteiger partial charge in [-0.2, -0.15) is 0 Å². The first kappa shape index (κ1) is 13.3. The van der Waals surface area contributed by atoms with E-state index in [1.54, 1.807) is 0 Å². The van der Waals surface area contributed by atoms with Crippen molar-refractivity contribution in [2.45, 2.75) is 31.8 Å². The van der Waals surface area contributed by atoms with E-state index in [1.165, 1.54) is 31.4 Å². The molecule has 1 unspecified atom stereocenters. The first-order valence-electron chi connectivity index (χ1n) is 6.72. The number of hydrogen-bond acceptors (Lipinski definition) is 4. The topological polar surface area (TPSA) is 37.4 Å². The van der Waals surface area contributed by atoms with Crippen molar-refractivity contribution in [1.29, 1.82) is 0 Å². The second-order valence-corrected chi connectivity index (χ2v) is 4.95. The number of rotatable bonds is 5. The summed E-state index contributed by atoms with van der Waals surface area (Å²) in [7, 11) is 4.13. The van der Waals surface area contributed by atoms with Crippen molar-refractivity contribution in [3.63, 3.8) is 0 Å². The summed E-state index contributed by atoms with van der Waals surface area (Å²) in [6.45, 7) is 2.77. The Morgan fingerprint density at radius 3 is 3.17 bits per heavy atom. The van der Waals surface area contributed by atoms with Gasteiger partial charge in [0.2, 0.25) is 0 Å². The van der Waals surface area contributed by atoms with E-state index in [-0.39, 0.29) is 0 Å². The second kappa shape index (κ2) is 6.71. The van der Waals surface area contributed by atoms with Gasteiger partial charge in [0.15, 0.2) is 0 Å². The fraction of sp³-hybridized carbons (Fsp3) is 0.643. The summed E-state index contributed by atoms with van der Waals surface area (Å²) in [5.74, 6) is 0.908. The lowest BCUT2D eigenvalue weighted by atomic mass is 10.0. The molecule has 1 N–H and O–H groups in total. The van der Waals surface area contributed by atoms with Gasteiger partial charge in [-0.05, 0) is 39.5 Å². The number of aromatic nitrogens is 1. The van der Waals surface area contributed by atoms with Crippen LogP contribution in [0.2, 0.25) is 0 Å². The molecule has 0 aliphatic carbocycles. The van der Waals surface area contributed by atoms with Gasteiger partial charge in [0, 0.05) is 24.3 Å². The maximum atomic E-state index is 5.96. The van der Waals surface area contributed by atoms with Gasteiger partial charge in [0.25, 0.3) is 0 Å². The number of ether oxygens (including phenoxy) is 1. The predicted molar refractivity (Wildman–Crippen MR) is 72.8 cm³/mol. The number of likely N-dealkylation sites (N-methyl/N-ethyl adjacent to an activating group) is 1. The molecule has 4 heteroatoms. The molecule has 2 heterocycles. The van der Waals surface area contributed by atoms with Crippen LogP contribution in [0.25, 0.3) is 0 Å². The van der Waals surface area contributed by atoms with E-state index in [4.69, 9.17) is 4.74 Å². The van der Waals surface area contributed by atoms with Crippen molar-refractivity contribution in [2.24, 2.45) is 0 Å². The Kier molecular flexibility index (Phi) is 4.96. The molecule has 0 bridgehead atoms. The van der Waals surface area contributed by atoms with Gasteiger partial charge in [0.05, 0.1) is 6.20 Å². The molecule has 0 amide bonds. The molecule has 0 saturated carbocycles. The average molecular weight is 249 g/mol. The molecule has 0 aromatic carbocycles. The average Bonchev–Trinajstić information content (AvgIpc) is 2.40. The van der Waals surface area contributed by atoms with E-state index in [2.05, 4.69) is 22.2 Å². The monoisotopic (exact) mass is 249 g/mol. The molecule has 1 aliphatic rings. The number of pyridine rings is 1. The van der Waals surface area contributed by atoms with Crippen LogP contribution in [0.5, 0.6) is 5.75 Å². The fourth-order valence-corrected chi connectivity index (χ4v) is 2.42. The zero-order valence-electron chi connectivity index (χ0n) is 11.4. The molecule has 0 spiro atoms. The summed E-state index contributed by atoms with van der Waals surface area (Å²) >= 11 is 0. The molecule has 1 aliphatic heterocycles. The number of hydrogen-bond donors (Lipinski definition) is 1. The first-order chi connectivity index (χ1) is 8.81. The standard InChI is InChI=1S/C14H23N3O/c1-15-9-12-6-7-16-10-14(12)18-11-13-5-3-4-8-17(13)2/h6-7,10,13,15H,3-5,8-9,11H2,1-2H3. The van der Waals surface area contributed by atoms with Crippen LogP contribution >= 0.6 is 0 Å². The van der Waals surface area contributed by atoms with Crippen molar-refractivity contribution in [3.8, 4) is 5.75 Å². The predicted octanol–water partition coefficient (Wildman–Crippen LogP) is 1.66. The maximum Gasteiger partial charge on any atom is 0.142 e. The number of nitrogens with zero attached hydrogens (tertiary/aromatic N) is 2. The molecule has 0 radical (unpaired) electrons. The van der Waals surface area contributed by atoms with Crippen LogP contribution in [0.15, 0.2) is 18.5 Å². The zero-order valence-corrected chi connectivity index (χ0v) is 11.4. The lowest BCUT2D eigenvalue weighted by Crippen LogP contribution is -2.40. The number of likely N-dealkylation sites (tertiary alicyclic amines) is 1. The third-order valence-corrected chi connectivity index (χ3v) is 3.59. The summed E-state index contributed by atoms with van der Waals surface area (Å²) in [4.78, 5) is 6.54. The van der Waals surface area contributed by atoms with E-state index < -0.39 is 0 Å². The van der Waals surface area contributed by atoms with Crippen molar-refractivity contribution in [2.75, 3.05) is 27.2 Å². The van der Waals surface area contributed by atoms with Crippen LogP contribution in [-0.2, 0) is 6.54 Å². The second-order valence-electron chi connectivity index (χ2n) is 4.95. The summed E-state index contributed by atoms with van der Waals surface area (Å²) in [5, 5.41) is 3.15. The summed E-state index contributed by atoms with van der Waals surface area (Å²) in [6.07, 6.45) is 7.49. The lowest BCUT2D eigenvalue weighted by Gasteiger charge is -2.32. The Hall–Kier alpha value is -1.13. The molecule has 2 rings (SSSR count). The quantitative estimate of drug-likeness (QED) is 0.861. The normalized spacial score (nSPS) is 20.9. The highest BCUT2D eigenvalue weighted by Gasteiger charge is 2.19.